The smallest absolute Gasteiger partial charge is 0.328 e. The highest BCUT2D eigenvalue weighted by Crippen LogP contribution is 2.28. The van der Waals surface area contributed by atoms with E-state index in [9.17, 15) is 19.2 Å². The van der Waals surface area contributed by atoms with Gasteiger partial charge in [0, 0.05) is 49.9 Å². The molecule has 4 amide bonds. The minimum atomic E-state index is -0.907. The summed E-state index contributed by atoms with van der Waals surface area (Å²) in [5.41, 5.74) is 0.733. The number of likely N-dealkylation sites (N-methyl/N-ethyl adjacent to an activating group) is 1. The molecule has 3 atom stereocenters. The molecule has 0 radical (unpaired) electrons. The average Bonchev–Trinajstić information content (AvgIpc) is 3.58. The van der Waals surface area contributed by atoms with Crippen molar-refractivity contribution in [2.75, 3.05) is 36.9 Å². The molecule has 0 saturated carbocycles. The number of aromatic nitrogens is 3. The lowest BCUT2D eigenvalue weighted by molar-refractivity contribution is -0.141. The fourth-order valence-corrected chi connectivity index (χ4v) is 5.01. The van der Waals surface area contributed by atoms with Gasteiger partial charge in [-0.3, -0.25) is 19.3 Å². The molecule has 0 aliphatic carbocycles. The van der Waals surface area contributed by atoms with Gasteiger partial charge in [0.1, 0.15) is 16.9 Å². The summed E-state index contributed by atoms with van der Waals surface area (Å²) in [7, 11) is 1.52. The number of hydrogen-bond acceptors (Lipinski definition) is 11. The molecule has 4 rings (SSSR count). The Labute approximate surface area is 224 Å². The number of thiazole rings is 1. The lowest BCUT2D eigenvalue weighted by atomic mass is 10.1. The Kier molecular flexibility index (Phi) is 7.99. The zero-order chi connectivity index (χ0) is 27.6. The van der Waals surface area contributed by atoms with Crippen LogP contribution in [0.3, 0.4) is 0 Å². The number of anilines is 2. The molecule has 202 valence electrons. The van der Waals surface area contributed by atoms with Gasteiger partial charge in [0.15, 0.2) is 18.0 Å². The van der Waals surface area contributed by atoms with Crippen LogP contribution >= 0.6 is 11.3 Å². The van der Waals surface area contributed by atoms with Crippen LogP contribution in [0.2, 0.25) is 0 Å². The fourth-order valence-electron chi connectivity index (χ4n) is 4.28. The molecule has 0 aromatic carbocycles. The highest BCUT2D eigenvalue weighted by Gasteiger charge is 2.51. The standard InChI is InChI=1S/C24H31N9O4S/c1-6-16(34)11-32-22(36)18-19(30(5)24(32)37)27-13-33(18)14(4)20(35)28-17-12-38-21(29-17)15-9-25-23(26-10-15)31(7-2)8-3/h9-10,12-14,18-19H,6-8,11H2,1-5H3,(H,28,35)/t14-,18?,19?/m0/s1. The maximum atomic E-state index is 13.2. The summed E-state index contributed by atoms with van der Waals surface area (Å²) in [5, 5.41) is 5.16. The molecular formula is C24H31N9O4S. The average molecular weight is 542 g/mol. The molecule has 1 saturated heterocycles. The minimum absolute atomic E-state index is 0.204. The van der Waals surface area contributed by atoms with Gasteiger partial charge < -0.3 is 20.0 Å². The number of hydrogen-bond donors (Lipinski definition) is 1. The molecule has 2 aromatic rings. The van der Waals surface area contributed by atoms with E-state index in [1.54, 1.807) is 31.6 Å². The molecule has 0 spiro atoms. The van der Waals surface area contributed by atoms with Crippen molar-refractivity contribution < 1.29 is 19.2 Å². The first-order valence-electron chi connectivity index (χ1n) is 12.4. The molecule has 1 N–H and O–H groups in total. The van der Waals surface area contributed by atoms with E-state index in [0.717, 1.165) is 23.6 Å². The quantitative estimate of drug-likeness (QED) is 0.475. The third-order valence-corrected chi connectivity index (χ3v) is 7.54. The molecular weight excluding hydrogens is 510 g/mol. The third kappa shape index (κ3) is 5.08. The number of ketones is 1. The maximum absolute atomic E-state index is 13.2. The SMILES string of the molecule is CCC(=O)CN1C(=O)C2C(N=CN2[C@@H](C)C(=O)Nc2csc(-c3cnc(N(CC)CC)nc3)n2)N(C)C1=O. The van der Waals surface area contributed by atoms with Crippen molar-refractivity contribution in [3.63, 3.8) is 0 Å². The molecule has 38 heavy (non-hydrogen) atoms. The first-order chi connectivity index (χ1) is 18.2. The van der Waals surface area contributed by atoms with Crippen LogP contribution in [0.15, 0.2) is 22.8 Å². The van der Waals surface area contributed by atoms with Crippen LogP contribution in [-0.4, -0.2) is 105 Å². The Morgan fingerprint density at radius 2 is 1.84 bits per heavy atom. The van der Waals surface area contributed by atoms with E-state index in [1.165, 1.54) is 34.5 Å². The number of nitrogens with one attached hydrogen (secondary N) is 1. The summed E-state index contributed by atoms with van der Waals surface area (Å²) < 4.78 is 0. The second-order valence-corrected chi connectivity index (χ2v) is 9.79. The maximum Gasteiger partial charge on any atom is 0.328 e. The van der Waals surface area contributed by atoms with Gasteiger partial charge in [0.2, 0.25) is 11.9 Å². The zero-order valence-electron chi connectivity index (χ0n) is 22.0. The van der Waals surface area contributed by atoms with E-state index >= 15 is 0 Å². The minimum Gasteiger partial charge on any atom is -0.341 e. The zero-order valence-corrected chi connectivity index (χ0v) is 22.8. The number of Topliss-reactive ketones (excluding diaryl/α,β-unsaturated/α-hetero) is 1. The molecule has 14 heteroatoms. The fraction of sp³-hybridized carbons (Fsp3) is 0.500. The van der Waals surface area contributed by atoms with Crippen LogP contribution in [0.1, 0.15) is 34.1 Å². The predicted molar refractivity (Wildman–Crippen MR) is 143 cm³/mol. The largest absolute Gasteiger partial charge is 0.341 e. The highest BCUT2D eigenvalue weighted by atomic mass is 32.1. The first-order valence-corrected chi connectivity index (χ1v) is 13.3. The Bertz CT molecular complexity index is 1240. The highest BCUT2D eigenvalue weighted by molar-refractivity contribution is 7.13. The first kappa shape index (κ1) is 27.1. The second kappa shape index (κ2) is 11.2. The van der Waals surface area contributed by atoms with Gasteiger partial charge in [0.05, 0.1) is 12.9 Å². The van der Waals surface area contributed by atoms with Crippen LogP contribution in [0.5, 0.6) is 0 Å². The van der Waals surface area contributed by atoms with Gasteiger partial charge in [-0.2, -0.15) is 0 Å². The number of rotatable bonds is 10. The Hall–Kier alpha value is -3.94. The third-order valence-electron chi connectivity index (χ3n) is 6.65. The van der Waals surface area contributed by atoms with Gasteiger partial charge >= 0.3 is 6.03 Å². The van der Waals surface area contributed by atoms with E-state index < -0.39 is 36.1 Å². The number of fused-ring (bicyclic) bond motifs is 1. The number of carbonyl (C=O) groups excluding carboxylic acids is 4. The number of urea groups is 1. The van der Waals surface area contributed by atoms with E-state index in [1.807, 2.05) is 18.7 Å². The van der Waals surface area contributed by atoms with E-state index in [4.69, 9.17) is 0 Å². The van der Waals surface area contributed by atoms with Crippen LogP contribution in [0.4, 0.5) is 16.6 Å². The molecule has 2 aliphatic rings. The summed E-state index contributed by atoms with van der Waals surface area (Å²) in [6.07, 6.45) is 4.25. The van der Waals surface area contributed by atoms with Crippen molar-refractivity contribution >= 4 is 53.1 Å². The van der Waals surface area contributed by atoms with Crippen molar-refractivity contribution in [3.05, 3.63) is 17.8 Å². The Morgan fingerprint density at radius 3 is 2.47 bits per heavy atom. The van der Waals surface area contributed by atoms with Crippen molar-refractivity contribution in [1.29, 1.82) is 0 Å². The summed E-state index contributed by atoms with van der Waals surface area (Å²) in [4.78, 5) is 74.4. The lowest BCUT2D eigenvalue weighted by Crippen LogP contribution is -2.66. The van der Waals surface area contributed by atoms with Gasteiger partial charge in [-0.1, -0.05) is 6.92 Å². The van der Waals surface area contributed by atoms with Crippen molar-refractivity contribution in [2.24, 2.45) is 4.99 Å². The number of nitrogens with zero attached hydrogens (tertiary/aromatic N) is 8. The molecule has 2 unspecified atom stereocenters. The van der Waals surface area contributed by atoms with Crippen LogP contribution < -0.4 is 10.2 Å². The normalized spacial score (nSPS) is 19.6. The van der Waals surface area contributed by atoms with Gasteiger partial charge in [0.25, 0.3) is 5.91 Å². The molecule has 0 bridgehead atoms. The van der Waals surface area contributed by atoms with Crippen molar-refractivity contribution in [3.8, 4) is 10.6 Å². The van der Waals surface area contributed by atoms with E-state index in [2.05, 4.69) is 25.3 Å². The summed E-state index contributed by atoms with van der Waals surface area (Å²) in [5.74, 6) is -0.181. The molecule has 2 aromatic heterocycles. The molecule has 2 aliphatic heterocycles. The van der Waals surface area contributed by atoms with Crippen LogP contribution in [-0.2, 0) is 14.4 Å². The van der Waals surface area contributed by atoms with Crippen LogP contribution in [0.25, 0.3) is 10.6 Å². The number of carbonyl (C=O) groups is 4. The van der Waals surface area contributed by atoms with Gasteiger partial charge in [-0.25, -0.2) is 24.7 Å². The predicted octanol–water partition coefficient (Wildman–Crippen LogP) is 1.68. The molecule has 1 fully saturated rings. The number of aliphatic imine (C=N–C) groups is 1. The Balaban J connectivity index is 1.45. The number of amides is 4. The van der Waals surface area contributed by atoms with E-state index in [-0.39, 0.29) is 18.7 Å². The molecule has 4 heterocycles. The molecule has 13 nitrogen and oxygen atoms in total. The van der Waals surface area contributed by atoms with Crippen LogP contribution in [0, 0.1) is 0 Å². The van der Waals surface area contributed by atoms with Gasteiger partial charge in [-0.05, 0) is 20.8 Å². The lowest BCUT2D eigenvalue weighted by Gasteiger charge is -2.42. The van der Waals surface area contributed by atoms with Gasteiger partial charge in [-0.15, -0.1) is 11.3 Å². The second-order valence-electron chi connectivity index (χ2n) is 8.93. The monoisotopic (exact) mass is 541 g/mol. The van der Waals surface area contributed by atoms with Crippen molar-refractivity contribution in [2.45, 2.75) is 52.4 Å². The van der Waals surface area contributed by atoms with E-state index in [0.29, 0.717) is 16.8 Å². The van der Waals surface area contributed by atoms with Crippen molar-refractivity contribution in [1.82, 2.24) is 29.7 Å². The summed E-state index contributed by atoms with van der Waals surface area (Å²) >= 11 is 1.35. The Morgan fingerprint density at radius 1 is 1.16 bits per heavy atom. The summed E-state index contributed by atoms with van der Waals surface area (Å²) in [6, 6.07) is -2.29. The topological polar surface area (TPSA) is 144 Å². The summed E-state index contributed by atoms with van der Waals surface area (Å²) in [6.45, 7) is 8.69. The number of imide groups is 1.